The number of aliphatic imine (C=N–C) groups is 2. The molecule has 3 heterocycles. The first-order valence-electron chi connectivity index (χ1n) is 25.3. The number of nitrogens with zero attached hydrogens (tertiary/aromatic N) is 11. The zero-order valence-electron chi connectivity index (χ0n) is 42.6. The summed E-state index contributed by atoms with van der Waals surface area (Å²) >= 11 is 3.32. The number of rotatable bonds is 16. The van der Waals surface area contributed by atoms with Crippen molar-refractivity contribution in [3.63, 3.8) is 0 Å². The van der Waals surface area contributed by atoms with Crippen LogP contribution in [0.25, 0.3) is 28.2 Å². The molecule has 2 unspecified atom stereocenters. The fraction of sp³-hybridized carbons (Fsp3) is 0.153. The first kappa shape index (κ1) is 54.0. The Kier molecular flexibility index (Phi) is 15.8. The second-order valence-corrected chi connectivity index (χ2v) is 20.6. The number of nitrogens with two attached hydrogens (primary N) is 1. The Morgan fingerprint density at radius 1 is 0.617 bits per heavy atom. The monoisotopic (exact) mass is 1130 g/mol. The molecule has 8 aromatic rings. The third-order valence-corrected chi connectivity index (χ3v) is 15.1. The van der Waals surface area contributed by atoms with Crippen molar-refractivity contribution < 1.29 is 35.8 Å². The predicted molar refractivity (Wildman–Crippen MR) is 310 cm³/mol. The number of para-hydroxylation sites is 1. The van der Waals surface area contributed by atoms with E-state index in [1.807, 2.05) is 42.5 Å². The quantitative estimate of drug-likeness (QED) is 0.0431. The van der Waals surface area contributed by atoms with E-state index in [4.69, 9.17) is 10.8 Å². The highest BCUT2D eigenvalue weighted by atomic mass is 32.2. The van der Waals surface area contributed by atoms with Gasteiger partial charge >= 0.3 is 12.7 Å². The fourth-order valence-electron chi connectivity index (χ4n) is 9.27. The molecule has 1 aliphatic carbocycles. The first-order valence-corrected chi connectivity index (χ1v) is 27.3. The zero-order chi connectivity index (χ0) is 55.9. The number of benzene rings is 7. The summed E-state index contributed by atoms with van der Waals surface area (Å²) in [4.78, 5) is 17.2. The van der Waals surface area contributed by atoms with E-state index in [9.17, 15) is 26.3 Å². The van der Waals surface area contributed by atoms with E-state index in [-0.39, 0.29) is 17.3 Å². The Bertz CT molecular complexity index is 3700. The number of hydrogen-bond acceptors (Lipinski definition) is 11. The minimum atomic E-state index is -4.78. The molecule has 14 nitrogen and oxygen atoms in total. The van der Waals surface area contributed by atoms with Crippen molar-refractivity contribution >= 4 is 75.5 Å². The first-order chi connectivity index (χ1) is 39.3. The summed E-state index contributed by atoms with van der Waals surface area (Å²) in [6.45, 7) is 1.55. The van der Waals surface area contributed by atoms with Crippen LogP contribution in [0.5, 0.6) is 11.5 Å². The van der Waals surface area contributed by atoms with Gasteiger partial charge in [0.15, 0.2) is 16.2 Å². The molecule has 7 aromatic carbocycles. The molecule has 11 rings (SSSR count). The number of anilines is 2. The lowest BCUT2D eigenvalue weighted by atomic mass is 9.97. The standard InChI is InChI=1S/C59H46F6N12O2S2/c60-58(61,62)78-46-23-19-44(20-24-46)67-36-68-54(66)41-14-10-38(11-15-41)34-70-72-56-75(28-30-80-56)52-9-5-4-8-49(52)51-33-50(51)43-18-27-48(40-6-2-1-3-7-40)53(32-43)76-29-31-81-57(76)73-71-35-39-12-16-42(17-13-39)55-69-37-77(74-55)45-21-25-47(26-22-45)79-59(63,64)65/h1-27,32,34-37,50-51H,28-31,33H2,(H2,66,67,68)/b70-34+,71-35+,72-56-,73-57-. The van der Waals surface area contributed by atoms with E-state index < -0.39 is 12.7 Å². The van der Waals surface area contributed by atoms with E-state index in [1.54, 1.807) is 48.1 Å². The van der Waals surface area contributed by atoms with Crippen LogP contribution in [-0.4, -0.2) is 87.0 Å². The van der Waals surface area contributed by atoms with Crippen molar-refractivity contribution in [2.75, 3.05) is 34.4 Å². The molecule has 2 N–H and O–H groups in total. The summed E-state index contributed by atoms with van der Waals surface area (Å²) < 4.78 is 84.7. The van der Waals surface area contributed by atoms with Crippen molar-refractivity contribution in [1.29, 1.82) is 0 Å². The van der Waals surface area contributed by atoms with Crippen LogP contribution in [-0.2, 0) is 0 Å². The minimum absolute atomic E-state index is 0.204. The van der Waals surface area contributed by atoms with Gasteiger partial charge in [-0.05, 0) is 107 Å². The van der Waals surface area contributed by atoms with Crippen LogP contribution in [0.1, 0.15) is 46.1 Å². The topological polar surface area (TPSA) is 156 Å². The number of amidine groups is 3. The summed E-state index contributed by atoms with van der Waals surface area (Å²) in [7, 11) is 0. The summed E-state index contributed by atoms with van der Waals surface area (Å²) in [5.74, 6) is 2.30. The van der Waals surface area contributed by atoms with Crippen molar-refractivity contribution in [1.82, 2.24) is 14.8 Å². The molecule has 1 saturated carbocycles. The normalized spacial score (nSPS) is 17.9. The van der Waals surface area contributed by atoms with Gasteiger partial charge in [0.2, 0.25) is 0 Å². The lowest BCUT2D eigenvalue weighted by Crippen LogP contribution is -2.24. The van der Waals surface area contributed by atoms with Gasteiger partial charge in [-0.3, -0.25) is 0 Å². The lowest BCUT2D eigenvalue weighted by Gasteiger charge is -2.23. The minimum Gasteiger partial charge on any atom is -0.406 e. The van der Waals surface area contributed by atoms with Gasteiger partial charge in [-0.2, -0.15) is 10.2 Å². The summed E-state index contributed by atoms with van der Waals surface area (Å²) in [5.41, 5.74) is 17.0. The number of halogens is 6. The van der Waals surface area contributed by atoms with Crippen molar-refractivity contribution in [2.45, 2.75) is 31.0 Å². The Hall–Kier alpha value is -9.02. The molecule has 81 heavy (non-hydrogen) atoms. The van der Waals surface area contributed by atoms with E-state index >= 15 is 0 Å². The average Bonchev–Trinajstić information content (AvgIpc) is 3.96. The van der Waals surface area contributed by atoms with E-state index in [0.29, 0.717) is 34.6 Å². The number of ether oxygens (including phenoxy) is 2. The van der Waals surface area contributed by atoms with Gasteiger partial charge in [-0.25, -0.2) is 19.7 Å². The second-order valence-electron chi connectivity index (χ2n) is 18.5. The van der Waals surface area contributed by atoms with Gasteiger partial charge in [0.25, 0.3) is 0 Å². The summed E-state index contributed by atoms with van der Waals surface area (Å²) in [6.07, 6.45) is -2.43. The SMILES string of the molecule is NC(=NC=Nc1ccc(OC(F)(F)F)cc1)c1ccc(/C=N/N=C2\SCCN2c2ccccc2C2CC2c2ccc(-c3ccccc3)c(N3CCS/C3=N\N=C\c3ccc(-c4ncn(-c5ccc(OC(F)(F)F)cc5)n4)cc3)c2)cc1. The van der Waals surface area contributed by atoms with Gasteiger partial charge in [0, 0.05) is 47.0 Å². The van der Waals surface area contributed by atoms with E-state index in [0.717, 1.165) is 80.5 Å². The molecule has 2 atom stereocenters. The molecule has 3 fully saturated rings. The van der Waals surface area contributed by atoms with Crippen LogP contribution in [0, 0.1) is 0 Å². The van der Waals surface area contributed by atoms with Crippen LogP contribution >= 0.6 is 23.5 Å². The maximum atomic E-state index is 12.6. The molecule has 0 spiro atoms. The molecule has 408 valence electrons. The number of hydrogen-bond donors (Lipinski definition) is 1. The predicted octanol–water partition coefficient (Wildman–Crippen LogP) is 13.6. The second kappa shape index (κ2) is 23.7. The van der Waals surface area contributed by atoms with Crippen LogP contribution in [0.15, 0.2) is 207 Å². The van der Waals surface area contributed by atoms with Crippen molar-refractivity contribution in [3.05, 3.63) is 204 Å². The zero-order valence-corrected chi connectivity index (χ0v) is 44.2. The van der Waals surface area contributed by atoms with Crippen molar-refractivity contribution in [3.8, 4) is 39.7 Å². The van der Waals surface area contributed by atoms with Crippen LogP contribution < -0.4 is 25.0 Å². The maximum absolute atomic E-state index is 12.6. The molecule has 2 aliphatic heterocycles. The molecule has 0 amide bonds. The fourth-order valence-corrected chi connectivity index (χ4v) is 11.1. The summed E-state index contributed by atoms with van der Waals surface area (Å²) in [5, 5.41) is 24.6. The van der Waals surface area contributed by atoms with Crippen molar-refractivity contribution in [2.24, 2.45) is 36.1 Å². The van der Waals surface area contributed by atoms with Gasteiger partial charge in [0.1, 0.15) is 30.0 Å². The van der Waals surface area contributed by atoms with Gasteiger partial charge in [0.05, 0.1) is 29.5 Å². The average molecular weight is 1130 g/mol. The molecule has 22 heteroatoms. The van der Waals surface area contributed by atoms with Crippen LogP contribution in [0.4, 0.5) is 43.4 Å². The highest BCUT2D eigenvalue weighted by Gasteiger charge is 2.42. The van der Waals surface area contributed by atoms with Gasteiger partial charge in [-0.15, -0.1) is 41.6 Å². The number of alkyl halides is 6. The molecule has 0 radical (unpaired) electrons. The Morgan fingerprint density at radius 3 is 1.85 bits per heavy atom. The van der Waals surface area contributed by atoms with Gasteiger partial charge in [-0.1, -0.05) is 133 Å². The molecule has 2 saturated heterocycles. The number of thioether (sulfide) groups is 2. The molecule has 1 aromatic heterocycles. The molecule has 0 bridgehead atoms. The number of aromatic nitrogens is 3. The van der Waals surface area contributed by atoms with Crippen LogP contribution in [0.2, 0.25) is 0 Å². The Morgan fingerprint density at radius 2 is 1.21 bits per heavy atom. The van der Waals surface area contributed by atoms with Crippen LogP contribution in [0.3, 0.4) is 0 Å². The highest BCUT2D eigenvalue weighted by molar-refractivity contribution is 8.14. The summed E-state index contributed by atoms with van der Waals surface area (Å²) in [6, 6.07) is 51.1. The largest absolute Gasteiger partial charge is 0.573 e. The third kappa shape index (κ3) is 13.5. The smallest absolute Gasteiger partial charge is 0.406 e. The van der Waals surface area contributed by atoms with E-state index in [2.05, 4.69) is 121 Å². The molecular formula is C59H46F6N12O2S2. The highest BCUT2D eigenvalue weighted by Crippen LogP contribution is 2.58. The van der Waals surface area contributed by atoms with Gasteiger partial charge < -0.3 is 25.0 Å². The Balaban J connectivity index is 0.748. The lowest BCUT2D eigenvalue weighted by molar-refractivity contribution is -0.275. The molecular weight excluding hydrogens is 1090 g/mol. The molecule has 3 aliphatic rings. The van der Waals surface area contributed by atoms with E-state index in [1.165, 1.54) is 77.0 Å². The third-order valence-electron chi connectivity index (χ3n) is 13.2. The maximum Gasteiger partial charge on any atom is 0.573 e. The Labute approximate surface area is 469 Å².